The molecule has 0 aliphatic carbocycles. The molecule has 0 aliphatic rings. The summed E-state index contributed by atoms with van der Waals surface area (Å²) in [6.45, 7) is 0. The maximum absolute atomic E-state index is 12.4. The molecule has 0 saturated heterocycles. The predicted octanol–water partition coefficient (Wildman–Crippen LogP) is 1.01. The van der Waals surface area contributed by atoms with Crippen molar-refractivity contribution in [3.8, 4) is 0 Å². The Hall–Kier alpha value is -1.79. The van der Waals surface area contributed by atoms with Crippen molar-refractivity contribution in [2.45, 2.75) is 19.6 Å². The molecule has 11 heteroatoms. The summed E-state index contributed by atoms with van der Waals surface area (Å²) in [7, 11) is -13.5. The number of sulfone groups is 1. The van der Waals surface area contributed by atoms with Crippen LogP contribution in [-0.2, 0) is 30.1 Å². The van der Waals surface area contributed by atoms with Crippen molar-refractivity contribution in [3.05, 3.63) is 48.5 Å². The lowest BCUT2D eigenvalue weighted by molar-refractivity contribution is 0.480. The molecule has 0 saturated carbocycles. The number of hydrogen-bond donors (Lipinski definition) is 2. The SMILES string of the molecule is O=S(=O)(O)c1cccc(S(=O)(=O)c2cccc(S(=O)(=O)O)c2)c1. The van der Waals surface area contributed by atoms with Crippen molar-refractivity contribution in [1.82, 2.24) is 0 Å². The standard InChI is InChI=1S/C12H10O8S3/c13-21(14,9-3-1-5-11(7-9)22(15,16)17)10-4-2-6-12(8-10)23(18,19)20/h1-8H,(H,15,16,17)(H,18,19,20). The molecular weight excluding hydrogens is 368 g/mol. The first-order valence-corrected chi connectivity index (χ1v) is 10.2. The van der Waals surface area contributed by atoms with Crippen LogP contribution in [0.5, 0.6) is 0 Å². The van der Waals surface area contributed by atoms with E-state index < -0.39 is 49.7 Å². The van der Waals surface area contributed by atoms with Gasteiger partial charge in [-0.25, -0.2) is 8.42 Å². The molecule has 2 rings (SSSR count). The Morgan fingerprint density at radius 3 is 1.17 bits per heavy atom. The monoisotopic (exact) mass is 378 g/mol. The fourth-order valence-corrected chi connectivity index (χ4v) is 4.29. The molecule has 0 bridgehead atoms. The molecule has 8 nitrogen and oxygen atoms in total. The predicted molar refractivity (Wildman–Crippen MR) is 78.0 cm³/mol. The van der Waals surface area contributed by atoms with E-state index in [1.54, 1.807) is 0 Å². The summed E-state index contributed by atoms with van der Waals surface area (Å²) in [4.78, 5) is -2.16. The third kappa shape index (κ3) is 3.76. The van der Waals surface area contributed by atoms with Crippen molar-refractivity contribution < 1.29 is 34.4 Å². The van der Waals surface area contributed by atoms with Gasteiger partial charge in [0.1, 0.15) is 0 Å². The lowest BCUT2D eigenvalue weighted by Crippen LogP contribution is -2.06. The molecule has 0 aliphatic heterocycles. The van der Waals surface area contributed by atoms with Crippen molar-refractivity contribution in [2.24, 2.45) is 0 Å². The van der Waals surface area contributed by atoms with E-state index in [1.807, 2.05) is 0 Å². The molecule has 0 fully saturated rings. The summed E-state index contributed by atoms with van der Waals surface area (Å²) >= 11 is 0. The van der Waals surface area contributed by atoms with E-state index in [0.29, 0.717) is 0 Å². The summed E-state index contributed by atoms with van der Waals surface area (Å²) in [6.07, 6.45) is 0. The minimum Gasteiger partial charge on any atom is -0.282 e. The maximum atomic E-state index is 12.4. The minimum absolute atomic E-state index is 0.458. The quantitative estimate of drug-likeness (QED) is 0.750. The van der Waals surface area contributed by atoms with Crippen LogP contribution < -0.4 is 0 Å². The van der Waals surface area contributed by atoms with Gasteiger partial charge in [-0.1, -0.05) is 12.1 Å². The molecule has 0 amide bonds. The molecular formula is C12H10O8S3. The number of benzene rings is 2. The zero-order chi connectivity index (χ0) is 17.5. The minimum atomic E-state index is -4.60. The Balaban J connectivity index is 2.65. The van der Waals surface area contributed by atoms with Gasteiger partial charge in [-0.15, -0.1) is 0 Å². The van der Waals surface area contributed by atoms with Gasteiger partial charge in [0.15, 0.2) is 0 Å². The topological polar surface area (TPSA) is 143 Å². The molecule has 2 aromatic rings. The van der Waals surface area contributed by atoms with Gasteiger partial charge in [0, 0.05) is 0 Å². The van der Waals surface area contributed by atoms with Crippen LogP contribution in [0.1, 0.15) is 0 Å². The van der Waals surface area contributed by atoms with Gasteiger partial charge in [-0.05, 0) is 36.4 Å². The van der Waals surface area contributed by atoms with E-state index in [0.717, 1.165) is 48.5 Å². The average Bonchev–Trinajstić information content (AvgIpc) is 2.46. The van der Waals surface area contributed by atoms with Crippen LogP contribution in [0.3, 0.4) is 0 Å². The maximum Gasteiger partial charge on any atom is 0.294 e. The molecule has 0 heterocycles. The lowest BCUT2D eigenvalue weighted by atomic mass is 10.4. The highest BCUT2D eigenvalue weighted by atomic mass is 32.2. The third-order valence-electron chi connectivity index (χ3n) is 2.83. The van der Waals surface area contributed by atoms with E-state index in [-0.39, 0.29) is 0 Å². The van der Waals surface area contributed by atoms with Crippen LogP contribution in [0.15, 0.2) is 68.1 Å². The lowest BCUT2D eigenvalue weighted by Gasteiger charge is -2.07. The summed E-state index contributed by atoms with van der Waals surface area (Å²) in [5.41, 5.74) is 0. The van der Waals surface area contributed by atoms with Gasteiger partial charge in [0.2, 0.25) is 9.84 Å². The highest BCUT2D eigenvalue weighted by Gasteiger charge is 2.22. The van der Waals surface area contributed by atoms with Crippen LogP contribution in [0, 0.1) is 0 Å². The third-order valence-corrected chi connectivity index (χ3v) is 6.28. The fourth-order valence-electron chi connectivity index (χ4n) is 1.74. The molecule has 124 valence electrons. The molecule has 0 radical (unpaired) electrons. The highest BCUT2D eigenvalue weighted by molar-refractivity contribution is 7.91. The summed E-state index contributed by atoms with van der Waals surface area (Å²) in [5, 5.41) is 0. The largest absolute Gasteiger partial charge is 0.294 e. The van der Waals surface area contributed by atoms with Crippen LogP contribution in [0.2, 0.25) is 0 Å². The van der Waals surface area contributed by atoms with Gasteiger partial charge in [-0.2, -0.15) is 16.8 Å². The molecule has 0 atom stereocenters. The first-order valence-electron chi connectivity index (χ1n) is 5.82. The van der Waals surface area contributed by atoms with Crippen LogP contribution in [-0.4, -0.2) is 34.4 Å². The Morgan fingerprint density at radius 1 is 0.565 bits per heavy atom. The molecule has 0 unspecified atom stereocenters. The molecule has 0 aromatic heterocycles. The van der Waals surface area contributed by atoms with Crippen LogP contribution in [0.25, 0.3) is 0 Å². The smallest absolute Gasteiger partial charge is 0.282 e. The molecule has 0 spiro atoms. The van der Waals surface area contributed by atoms with Crippen LogP contribution in [0.4, 0.5) is 0 Å². The van der Waals surface area contributed by atoms with Crippen molar-refractivity contribution in [2.75, 3.05) is 0 Å². The first kappa shape index (κ1) is 17.6. The van der Waals surface area contributed by atoms with Gasteiger partial charge < -0.3 is 0 Å². The number of hydrogen-bond acceptors (Lipinski definition) is 6. The summed E-state index contributed by atoms with van der Waals surface area (Å²) < 4.78 is 87.1. The van der Waals surface area contributed by atoms with Gasteiger partial charge in [-0.3, -0.25) is 9.11 Å². The van der Waals surface area contributed by atoms with E-state index in [2.05, 4.69) is 0 Å². The molecule has 2 aromatic carbocycles. The van der Waals surface area contributed by atoms with E-state index in [4.69, 9.17) is 9.11 Å². The Kier molecular flexibility index (Phi) is 4.34. The van der Waals surface area contributed by atoms with Gasteiger partial charge in [0.05, 0.1) is 19.6 Å². The average molecular weight is 378 g/mol. The Labute approximate surface area is 132 Å². The second-order valence-corrected chi connectivity index (χ2v) is 9.20. The second-order valence-electron chi connectivity index (χ2n) is 4.40. The highest BCUT2D eigenvalue weighted by Crippen LogP contribution is 2.25. The van der Waals surface area contributed by atoms with Gasteiger partial charge >= 0.3 is 0 Å². The zero-order valence-corrected chi connectivity index (χ0v) is 13.6. The fraction of sp³-hybridized carbons (Fsp3) is 0. The van der Waals surface area contributed by atoms with Crippen molar-refractivity contribution >= 4 is 30.1 Å². The Bertz CT molecular complexity index is 985. The second kappa shape index (κ2) is 5.69. The Morgan fingerprint density at radius 2 is 0.870 bits per heavy atom. The summed E-state index contributed by atoms with van der Waals surface area (Å²) in [5.74, 6) is 0. The molecule has 23 heavy (non-hydrogen) atoms. The van der Waals surface area contributed by atoms with Crippen molar-refractivity contribution in [1.29, 1.82) is 0 Å². The zero-order valence-electron chi connectivity index (χ0n) is 11.2. The normalized spacial score (nSPS) is 13.0. The summed E-state index contributed by atoms with van der Waals surface area (Å²) in [6, 6.07) is 7.89. The van der Waals surface area contributed by atoms with E-state index >= 15 is 0 Å². The first-order chi connectivity index (χ1) is 10.4. The molecule has 2 N–H and O–H groups in total. The van der Waals surface area contributed by atoms with Crippen molar-refractivity contribution in [3.63, 3.8) is 0 Å². The van der Waals surface area contributed by atoms with Crippen LogP contribution >= 0.6 is 0 Å². The van der Waals surface area contributed by atoms with E-state index in [1.165, 1.54) is 0 Å². The van der Waals surface area contributed by atoms with E-state index in [9.17, 15) is 25.3 Å². The number of rotatable bonds is 4. The van der Waals surface area contributed by atoms with Gasteiger partial charge in [0.25, 0.3) is 20.2 Å².